The normalized spacial score (nSPS) is 14.8. The predicted molar refractivity (Wildman–Crippen MR) is 147 cm³/mol. The summed E-state index contributed by atoms with van der Waals surface area (Å²) in [5, 5.41) is 2.12. The maximum absolute atomic E-state index is 14.5. The van der Waals surface area contributed by atoms with Crippen LogP contribution in [-0.2, 0) is 5.41 Å². The van der Waals surface area contributed by atoms with Gasteiger partial charge >= 0.3 is 0 Å². The number of benzene rings is 3. The molecule has 5 aromatic rings. The van der Waals surface area contributed by atoms with Crippen LogP contribution in [0, 0.1) is 25.6 Å². The first-order chi connectivity index (χ1) is 17.3. The van der Waals surface area contributed by atoms with Gasteiger partial charge in [0.25, 0.3) is 0 Å². The van der Waals surface area contributed by atoms with Crippen LogP contribution >= 0.6 is 0 Å². The number of halogens is 1. The molecule has 0 N–H and O–H groups in total. The number of para-hydroxylation sites is 1. The summed E-state index contributed by atoms with van der Waals surface area (Å²) in [5.41, 5.74) is 8.40. The molecule has 0 atom stereocenters. The van der Waals surface area contributed by atoms with Crippen LogP contribution in [0.5, 0.6) is 0 Å². The summed E-state index contributed by atoms with van der Waals surface area (Å²) in [7, 11) is 0. The fourth-order valence-electron chi connectivity index (χ4n) is 6.20. The summed E-state index contributed by atoms with van der Waals surface area (Å²) in [6.45, 7) is 8.41. The van der Waals surface area contributed by atoms with E-state index in [1.165, 1.54) is 31.2 Å². The molecule has 6 rings (SSSR count). The maximum atomic E-state index is 14.5. The van der Waals surface area contributed by atoms with Gasteiger partial charge in [-0.3, -0.25) is 4.98 Å². The molecule has 0 bridgehead atoms. The summed E-state index contributed by atoms with van der Waals surface area (Å²) >= 11 is 0. The molecule has 36 heavy (non-hydrogen) atoms. The molecular weight excluding hydrogens is 445 g/mol. The highest BCUT2D eigenvalue weighted by Crippen LogP contribution is 2.44. The molecule has 182 valence electrons. The van der Waals surface area contributed by atoms with E-state index in [0.717, 1.165) is 44.3 Å². The van der Waals surface area contributed by atoms with E-state index < -0.39 is 0 Å². The van der Waals surface area contributed by atoms with Crippen molar-refractivity contribution in [2.45, 2.75) is 58.8 Å². The Hall–Kier alpha value is -3.46. The number of aromatic nitrogens is 1. The highest BCUT2D eigenvalue weighted by molar-refractivity contribution is 6.13. The van der Waals surface area contributed by atoms with Crippen LogP contribution in [0.3, 0.4) is 0 Å². The van der Waals surface area contributed by atoms with E-state index in [9.17, 15) is 4.39 Å². The largest absolute Gasteiger partial charge is 0.456 e. The van der Waals surface area contributed by atoms with Gasteiger partial charge in [-0.15, -0.1) is 0 Å². The molecule has 2 nitrogen and oxygen atoms in total. The van der Waals surface area contributed by atoms with Gasteiger partial charge in [-0.1, -0.05) is 44.9 Å². The van der Waals surface area contributed by atoms with Crippen LogP contribution in [-0.4, -0.2) is 4.98 Å². The minimum absolute atomic E-state index is 0.103. The predicted octanol–water partition coefficient (Wildman–Crippen LogP) is 9.54. The van der Waals surface area contributed by atoms with Gasteiger partial charge in [0, 0.05) is 22.5 Å². The monoisotopic (exact) mass is 477 g/mol. The third-order valence-corrected chi connectivity index (χ3v) is 8.40. The molecule has 1 aliphatic carbocycles. The Morgan fingerprint density at radius 1 is 0.861 bits per heavy atom. The van der Waals surface area contributed by atoms with E-state index >= 15 is 0 Å². The molecule has 0 spiro atoms. The van der Waals surface area contributed by atoms with Crippen LogP contribution in [0.1, 0.15) is 56.2 Å². The molecule has 0 unspecified atom stereocenters. The zero-order valence-corrected chi connectivity index (χ0v) is 21.5. The lowest BCUT2D eigenvalue weighted by atomic mass is 9.72. The quantitative estimate of drug-likeness (QED) is 0.257. The van der Waals surface area contributed by atoms with Crippen molar-refractivity contribution in [2.75, 3.05) is 0 Å². The number of hydrogen-bond acceptors (Lipinski definition) is 2. The molecule has 3 aromatic carbocycles. The molecule has 1 saturated carbocycles. The second-order valence-electron chi connectivity index (χ2n) is 11.1. The molecule has 1 aliphatic rings. The molecule has 2 aromatic heterocycles. The van der Waals surface area contributed by atoms with Crippen molar-refractivity contribution in [1.82, 2.24) is 4.98 Å². The van der Waals surface area contributed by atoms with E-state index in [0.29, 0.717) is 17.0 Å². The van der Waals surface area contributed by atoms with Crippen LogP contribution in [0.4, 0.5) is 4.39 Å². The van der Waals surface area contributed by atoms with Crippen molar-refractivity contribution >= 4 is 21.9 Å². The smallest absolute Gasteiger partial charge is 0.136 e. The maximum Gasteiger partial charge on any atom is 0.136 e. The molecule has 0 radical (unpaired) electrons. The van der Waals surface area contributed by atoms with Gasteiger partial charge in [-0.05, 0) is 108 Å². The second-order valence-corrected chi connectivity index (χ2v) is 11.1. The van der Waals surface area contributed by atoms with E-state index in [-0.39, 0.29) is 11.2 Å². The Balaban J connectivity index is 1.57. The molecule has 0 aliphatic heterocycles. The molecule has 2 heterocycles. The van der Waals surface area contributed by atoms with Crippen molar-refractivity contribution in [3.05, 3.63) is 89.4 Å². The number of pyridine rings is 1. The zero-order valence-electron chi connectivity index (χ0n) is 21.5. The lowest BCUT2D eigenvalue weighted by Gasteiger charge is -2.32. The minimum Gasteiger partial charge on any atom is -0.456 e. The van der Waals surface area contributed by atoms with E-state index in [1.54, 1.807) is 0 Å². The van der Waals surface area contributed by atoms with Crippen LogP contribution in [0.15, 0.2) is 71.3 Å². The lowest BCUT2D eigenvalue weighted by molar-refractivity contribution is 0.325. The van der Waals surface area contributed by atoms with Gasteiger partial charge in [-0.2, -0.15) is 0 Å². The number of rotatable bonds is 4. The SMILES string of the molecule is Cc1cc(-c2cc(-c3cc(C(C)(C)C4CCCC4)ccn3)cc3oc4ccccc4c23)cc(C)c1F. The van der Waals surface area contributed by atoms with Gasteiger partial charge < -0.3 is 4.42 Å². The highest BCUT2D eigenvalue weighted by atomic mass is 19.1. The second kappa shape index (κ2) is 8.58. The van der Waals surface area contributed by atoms with E-state index in [2.05, 4.69) is 44.2 Å². The van der Waals surface area contributed by atoms with Crippen LogP contribution in [0.2, 0.25) is 0 Å². The Morgan fingerprint density at radius 3 is 2.33 bits per heavy atom. The Bertz CT molecular complexity index is 1580. The molecular formula is C33H32FNO. The van der Waals surface area contributed by atoms with Gasteiger partial charge in [0.05, 0.1) is 5.69 Å². The summed E-state index contributed by atoms with van der Waals surface area (Å²) in [6, 6.07) is 20.7. The van der Waals surface area contributed by atoms with Crippen molar-refractivity contribution in [3.63, 3.8) is 0 Å². The average molecular weight is 478 g/mol. The van der Waals surface area contributed by atoms with Crippen LogP contribution < -0.4 is 0 Å². The molecule has 0 saturated heterocycles. The van der Waals surface area contributed by atoms with E-state index in [4.69, 9.17) is 9.40 Å². The summed E-state index contributed by atoms with van der Waals surface area (Å²) in [4.78, 5) is 4.79. The van der Waals surface area contributed by atoms with Gasteiger partial charge in [0.1, 0.15) is 17.0 Å². The number of furan rings is 1. The van der Waals surface area contributed by atoms with Crippen molar-refractivity contribution < 1.29 is 8.81 Å². The van der Waals surface area contributed by atoms with E-state index in [1.807, 2.05) is 50.4 Å². The summed E-state index contributed by atoms with van der Waals surface area (Å²) in [6.07, 6.45) is 7.19. The molecule has 1 fully saturated rings. The average Bonchev–Trinajstić information content (AvgIpc) is 3.55. The number of fused-ring (bicyclic) bond motifs is 3. The highest BCUT2D eigenvalue weighted by Gasteiger charge is 2.33. The van der Waals surface area contributed by atoms with Crippen molar-refractivity contribution in [3.8, 4) is 22.4 Å². The Labute approximate surface area is 212 Å². The fourth-order valence-corrected chi connectivity index (χ4v) is 6.20. The number of nitrogens with zero attached hydrogens (tertiary/aromatic N) is 1. The van der Waals surface area contributed by atoms with Gasteiger partial charge in [0.15, 0.2) is 0 Å². The first-order valence-corrected chi connectivity index (χ1v) is 13.0. The third kappa shape index (κ3) is 3.73. The number of aryl methyl sites for hydroxylation is 2. The minimum atomic E-state index is -0.147. The van der Waals surface area contributed by atoms with Crippen LogP contribution in [0.25, 0.3) is 44.3 Å². The Kier molecular flexibility index (Phi) is 5.48. The fraction of sp³-hybridized carbons (Fsp3) is 0.303. The number of hydrogen-bond donors (Lipinski definition) is 0. The summed E-state index contributed by atoms with van der Waals surface area (Å²) < 4.78 is 20.9. The topological polar surface area (TPSA) is 26.0 Å². The molecule has 3 heteroatoms. The van der Waals surface area contributed by atoms with Gasteiger partial charge in [0.2, 0.25) is 0 Å². The first-order valence-electron chi connectivity index (χ1n) is 13.0. The third-order valence-electron chi connectivity index (χ3n) is 8.40. The first kappa shape index (κ1) is 23.0. The lowest BCUT2D eigenvalue weighted by Crippen LogP contribution is -2.26. The zero-order chi connectivity index (χ0) is 25.0. The van der Waals surface area contributed by atoms with Gasteiger partial charge in [-0.25, -0.2) is 4.39 Å². The van der Waals surface area contributed by atoms with Crippen molar-refractivity contribution in [1.29, 1.82) is 0 Å². The molecule has 0 amide bonds. The Morgan fingerprint density at radius 2 is 1.58 bits per heavy atom. The summed E-state index contributed by atoms with van der Waals surface area (Å²) in [5.74, 6) is 0.554. The van der Waals surface area contributed by atoms with Crippen molar-refractivity contribution in [2.24, 2.45) is 5.92 Å². The standard InChI is InChI=1S/C33H32FNO/c1-20-15-22(16-21(2)32(20)34)27-17-23(18-30-31(27)26-11-7-8-12-29(26)36-30)28-19-25(13-14-35-28)33(3,4)24-9-5-6-10-24/h7-8,11-19,24H,5-6,9-10H2,1-4H3.